The Morgan fingerprint density at radius 2 is 1.33 bits per heavy atom. The number of aryl methyl sites for hydroxylation is 1. The smallest absolute Gasteiger partial charge is 0.0540 e. The maximum absolute atomic E-state index is 2.56. The maximum Gasteiger partial charge on any atom is 0.0540 e. The molecule has 1 atom stereocenters. The van der Waals surface area contributed by atoms with Crippen LogP contribution < -0.4 is 0 Å². The summed E-state index contributed by atoms with van der Waals surface area (Å²) in [5.74, 6) is 0.383. The third-order valence-corrected chi connectivity index (χ3v) is 12.1. The molecule has 8 aromatic rings. The lowest BCUT2D eigenvalue weighted by Gasteiger charge is -2.19. The number of hydrogen-bond donors (Lipinski definition) is 0. The van der Waals surface area contributed by atoms with Gasteiger partial charge in [-0.1, -0.05) is 134 Å². The van der Waals surface area contributed by atoms with Gasteiger partial charge in [0.15, 0.2) is 0 Å². The molecule has 2 heterocycles. The largest absolute Gasteiger partial charge is 0.313 e. The average Bonchev–Trinajstić information content (AvgIpc) is 3.76. The molecule has 0 saturated heterocycles. The van der Waals surface area contributed by atoms with Gasteiger partial charge in [0.2, 0.25) is 0 Å². The van der Waals surface area contributed by atoms with E-state index in [1.54, 1.807) is 0 Å². The minimum absolute atomic E-state index is 0.383. The highest BCUT2D eigenvalue weighted by molar-refractivity contribution is 6.01. The first-order valence-electron chi connectivity index (χ1n) is 20.5. The van der Waals surface area contributed by atoms with E-state index in [0.717, 1.165) is 25.7 Å². The van der Waals surface area contributed by atoms with Crippen LogP contribution in [0.2, 0.25) is 0 Å². The zero-order valence-electron chi connectivity index (χ0n) is 32.7. The molecule has 2 heteroatoms. The van der Waals surface area contributed by atoms with Crippen molar-refractivity contribution in [2.24, 2.45) is 0 Å². The van der Waals surface area contributed by atoms with Crippen molar-refractivity contribution in [1.82, 2.24) is 9.13 Å². The Balaban J connectivity index is 1.11. The summed E-state index contributed by atoms with van der Waals surface area (Å²) in [7, 11) is 0. The third kappa shape index (κ3) is 6.32. The van der Waals surface area contributed by atoms with Crippen LogP contribution in [-0.2, 0) is 6.42 Å². The summed E-state index contributed by atoms with van der Waals surface area (Å²) < 4.78 is 4.98. The Morgan fingerprint density at radius 3 is 2.12 bits per heavy atom. The van der Waals surface area contributed by atoms with Crippen LogP contribution in [0.25, 0.3) is 73.2 Å². The molecule has 1 unspecified atom stereocenters. The van der Waals surface area contributed by atoms with Crippen molar-refractivity contribution < 1.29 is 0 Å². The van der Waals surface area contributed by atoms with Crippen molar-refractivity contribution in [2.75, 3.05) is 0 Å². The summed E-state index contributed by atoms with van der Waals surface area (Å²) in [6, 6.07) is 53.9. The summed E-state index contributed by atoms with van der Waals surface area (Å²) in [5, 5.41) is 2.63. The van der Waals surface area contributed by atoms with Gasteiger partial charge in [-0.3, -0.25) is 0 Å². The van der Waals surface area contributed by atoms with Crippen molar-refractivity contribution >= 4 is 39.5 Å². The van der Waals surface area contributed by atoms with E-state index in [1.165, 1.54) is 94.6 Å². The summed E-state index contributed by atoms with van der Waals surface area (Å²) in [6.45, 7) is 4.48. The van der Waals surface area contributed by atoms with E-state index in [0.29, 0.717) is 5.92 Å². The number of aromatic nitrogens is 2. The van der Waals surface area contributed by atoms with Crippen LogP contribution in [0.4, 0.5) is 0 Å². The Morgan fingerprint density at radius 1 is 0.596 bits per heavy atom. The fraction of sp³-hybridized carbons (Fsp3) is 0.127. The summed E-state index contributed by atoms with van der Waals surface area (Å²) in [6.07, 6.45) is 20.0. The summed E-state index contributed by atoms with van der Waals surface area (Å²) in [4.78, 5) is 0. The lowest BCUT2D eigenvalue weighted by atomic mass is 9.89. The number of nitrogens with zero attached hydrogens (tertiary/aromatic N) is 2. The van der Waals surface area contributed by atoms with Crippen LogP contribution in [0, 0.1) is 6.92 Å². The average molecular weight is 735 g/mol. The lowest BCUT2D eigenvalue weighted by Crippen LogP contribution is -2.05. The van der Waals surface area contributed by atoms with Crippen molar-refractivity contribution in [3.8, 4) is 33.6 Å². The number of benzene rings is 6. The molecule has 0 N–H and O–H groups in total. The van der Waals surface area contributed by atoms with Gasteiger partial charge in [0.05, 0.1) is 11.0 Å². The van der Waals surface area contributed by atoms with Gasteiger partial charge < -0.3 is 9.13 Å². The predicted molar refractivity (Wildman–Crippen MR) is 243 cm³/mol. The number of allylic oxidation sites excluding steroid dienone is 6. The molecule has 0 spiro atoms. The quantitative estimate of drug-likeness (QED) is 0.147. The van der Waals surface area contributed by atoms with E-state index in [2.05, 4.69) is 211 Å². The van der Waals surface area contributed by atoms with E-state index >= 15 is 0 Å². The van der Waals surface area contributed by atoms with Crippen molar-refractivity contribution in [2.45, 2.75) is 45.4 Å². The van der Waals surface area contributed by atoms with Gasteiger partial charge in [-0.25, -0.2) is 0 Å². The van der Waals surface area contributed by atoms with Gasteiger partial charge in [0, 0.05) is 45.0 Å². The Bertz CT molecular complexity index is 2910. The Labute approximate surface area is 336 Å². The van der Waals surface area contributed by atoms with Gasteiger partial charge >= 0.3 is 0 Å². The lowest BCUT2D eigenvalue weighted by molar-refractivity contribution is 0.853. The van der Waals surface area contributed by atoms with Crippen molar-refractivity contribution in [3.05, 3.63) is 210 Å². The second kappa shape index (κ2) is 14.8. The zero-order valence-corrected chi connectivity index (χ0v) is 32.7. The Hall–Kier alpha value is -6.64. The molecule has 2 aromatic heterocycles. The second-order valence-corrected chi connectivity index (χ2v) is 15.5. The van der Waals surface area contributed by atoms with Crippen LogP contribution in [0.3, 0.4) is 0 Å². The number of fused-ring (bicyclic) bond motifs is 4. The van der Waals surface area contributed by atoms with E-state index < -0.39 is 0 Å². The van der Waals surface area contributed by atoms with Gasteiger partial charge in [0.1, 0.15) is 0 Å². The van der Waals surface area contributed by atoms with E-state index in [9.17, 15) is 0 Å². The van der Waals surface area contributed by atoms with Crippen LogP contribution in [0.15, 0.2) is 176 Å². The van der Waals surface area contributed by atoms with Crippen LogP contribution >= 0.6 is 0 Å². The molecule has 2 aliphatic rings. The highest BCUT2D eigenvalue weighted by Crippen LogP contribution is 2.42. The summed E-state index contributed by atoms with van der Waals surface area (Å²) >= 11 is 0. The standard InChI is InChI=1S/C55H46N2/c1-3-4-26-52-38(2)50-35-44(28-31-53(50)56(52)47-23-12-7-13-24-47)45-29-32-54-51(36-45)49-30-27-46(40-18-10-6-11-19-40)37-55(49)57(54)48-25-15-22-43(34-48)42-21-14-20-41(33-42)39-16-8-5-9-17-39/h4-18,20-28,30-31,33-37,40H,3,19,29,32H2,1-2H3/b26-4-. The molecule has 0 fully saturated rings. The highest BCUT2D eigenvalue weighted by Gasteiger charge is 2.24. The molecule has 57 heavy (non-hydrogen) atoms. The summed E-state index contributed by atoms with van der Waals surface area (Å²) in [5.41, 5.74) is 19.3. The molecule has 0 saturated carbocycles. The Kier molecular flexibility index (Phi) is 9.03. The van der Waals surface area contributed by atoms with E-state index in [-0.39, 0.29) is 0 Å². The van der Waals surface area contributed by atoms with E-state index in [4.69, 9.17) is 0 Å². The molecule has 0 aliphatic heterocycles. The van der Waals surface area contributed by atoms with Crippen LogP contribution in [0.1, 0.15) is 65.7 Å². The van der Waals surface area contributed by atoms with Crippen molar-refractivity contribution in [1.29, 1.82) is 0 Å². The molecule has 6 aromatic carbocycles. The normalized spacial score (nSPS) is 15.1. The van der Waals surface area contributed by atoms with Gasteiger partial charge in [-0.2, -0.15) is 0 Å². The molecule has 0 radical (unpaired) electrons. The molecular formula is C55H46N2. The highest BCUT2D eigenvalue weighted by atomic mass is 15.0. The molecule has 0 bridgehead atoms. The van der Waals surface area contributed by atoms with Gasteiger partial charge in [-0.05, 0) is 138 Å². The number of rotatable bonds is 8. The molecule has 2 aliphatic carbocycles. The first-order chi connectivity index (χ1) is 28.1. The fourth-order valence-electron chi connectivity index (χ4n) is 9.16. The monoisotopic (exact) mass is 734 g/mol. The molecule has 276 valence electrons. The molecule has 0 amide bonds. The molecule has 10 rings (SSSR count). The van der Waals surface area contributed by atoms with Crippen LogP contribution in [-0.4, -0.2) is 9.13 Å². The van der Waals surface area contributed by atoms with E-state index in [1.807, 2.05) is 0 Å². The third-order valence-electron chi connectivity index (χ3n) is 12.1. The van der Waals surface area contributed by atoms with Gasteiger partial charge in [0.25, 0.3) is 0 Å². The van der Waals surface area contributed by atoms with Crippen LogP contribution in [0.5, 0.6) is 0 Å². The second-order valence-electron chi connectivity index (χ2n) is 15.5. The minimum atomic E-state index is 0.383. The first-order valence-corrected chi connectivity index (χ1v) is 20.5. The number of hydrogen-bond acceptors (Lipinski definition) is 0. The zero-order chi connectivity index (χ0) is 38.3. The van der Waals surface area contributed by atoms with Gasteiger partial charge in [-0.15, -0.1) is 0 Å². The number of para-hydroxylation sites is 1. The molecular weight excluding hydrogens is 689 g/mol. The SMILES string of the molecule is CC/C=C\c1c(C)c2cc(C3=Cc4c(n(-c5cccc(-c6cccc(-c7ccccc7)c6)c5)c5cc(C6C=CC=CC6)ccc45)CC3)ccc2n1-c1ccccc1. The molecule has 2 nitrogen and oxygen atoms in total. The van der Waals surface area contributed by atoms with Crippen molar-refractivity contribution in [3.63, 3.8) is 0 Å². The topological polar surface area (TPSA) is 9.86 Å². The maximum atomic E-state index is 2.56. The predicted octanol–water partition coefficient (Wildman–Crippen LogP) is 14.7. The fourth-order valence-corrected chi connectivity index (χ4v) is 9.16. The minimum Gasteiger partial charge on any atom is -0.313 e. The first kappa shape index (κ1) is 34.8.